The van der Waals surface area contributed by atoms with E-state index in [9.17, 15) is 4.79 Å². The Morgan fingerprint density at radius 3 is 2.44 bits per heavy atom. The Morgan fingerprint density at radius 2 is 1.89 bits per heavy atom. The van der Waals surface area contributed by atoms with Crippen LogP contribution in [0.15, 0.2) is 28.7 Å². The van der Waals surface area contributed by atoms with Crippen LogP contribution < -0.4 is 5.32 Å². The number of hydrogen-bond acceptors (Lipinski definition) is 2. The lowest BCUT2D eigenvalue weighted by Crippen LogP contribution is -2.51. The third-order valence-electron chi connectivity index (χ3n) is 4.10. The zero-order chi connectivity index (χ0) is 12.5. The van der Waals surface area contributed by atoms with E-state index in [1.807, 2.05) is 24.3 Å². The quantitative estimate of drug-likeness (QED) is 0.911. The van der Waals surface area contributed by atoms with Gasteiger partial charge in [0, 0.05) is 16.7 Å². The molecule has 18 heavy (non-hydrogen) atoms. The summed E-state index contributed by atoms with van der Waals surface area (Å²) in [6.45, 7) is 3.28. The highest BCUT2D eigenvalue weighted by atomic mass is 79.9. The maximum absolute atomic E-state index is 12.3. The molecule has 3 nitrogen and oxygen atoms in total. The molecular formula is C14H17BrN2O. The van der Waals surface area contributed by atoms with Gasteiger partial charge in [-0.2, -0.15) is 0 Å². The molecule has 4 heteroatoms. The number of nitrogens with zero attached hydrogens (tertiary/aromatic N) is 1. The summed E-state index contributed by atoms with van der Waals surface area (Å²) >= 11 is 3.40. The van der Waals surface area contributed by atoms with Gasteiger partial charge in [-0.25, -0.2) is 0 Å². The van der Waals surface area contributed by atoms with E-state index in [0.29, 0.717) is 5.92 Å². The molecule has 3 fully saturated rings. The summed E-state index contributed by atoms with van der Waals surface area (Å²) in [6, 6.07) is 7.77. The van der Waals surface area contributed by atoms with E-state index >= 15 is 0 Å². The number of carbonyl (C=O) groups excluding carboxylic acids is 1. The molecule has 3 saturated heterocycles. The van der Waals surface area contributed by atoms with E-state index in [-0.39, 0.29) is 11.8 Å². The molecular weight excluding hydrogens is 292 g/mol. The highest BCUT2D eigenvalue weighted by molar-refractivity contribution is 9.10. The normalized spacial score (nSPS) is 30.2. The average Bonchev–Trinajstić information content (AvgIpc) is 2.42. The van der Waals surface area contributed by atoms with Crippen molar-refractivity contribution < 1.29 is 4.79 Å². The van der Waals surface area contributed by atoms with Gasteiger partial charge < -0.3 is 10.2 Å². The monoisotopic (exact) mass is 308 g/mol. The molecule has 2 bridgehead atoms. The Hall–Kier alpha value is -0.870. The predicted molar refractivity (Wildman–Crippen MR) is 75.4 cm³/mol. The highest BCUT2D eigenvalue weighted by Crippen LogP contribution is 2.33. The van der Waals surface area contributed by atoms with Crippen LogP contribution in [0, 0.1) is 11.8 Å². The minimum absolute atomic E-state index is 0.177. The molecule has 3 aliphatic rings. The van der Waals surface area contributed by atoms with Gasteiger partial charge in [0.2, 0.25) is 5.91 Å². The van der Waals surface area contributed by atoms with E-state index in [2.05, 4.69) is 26.1 Å². The number of rotatable bonds is 2. The topological polar surface area (TPSA) is 32.3 Å². The van der Waals surface area contributed by atoms with Gasteiger partial charge >= 0.3 is 0 Å². The zero-order valence-electron chi connectivity index (χ0n) is 10.2. The number of fused-ring (bicyclic) bond motifs is 3. The molecule has 0 radical (unpaired) electrons. The molecule has 1 N–H and O–H groups in total. The second-order valence-corrected chi connectivity index (χ2v) is 6.16. The number of piperidine rings is 3. The van der Waals surface area contributed by atoms with Crippen molar-refractivity contribution in [3.63, 3.8) is 0 Å². The van der Waals surface area contributed by atoms with Crippen LogP contribution in [0.2, 0.25) is 0 Å². The fourth-order valence-electron chi connectivity index (χ4n) is 3.03. The van der Waals surface area contributed by atoms with Crippen LogP contribution in [0.4, 0.5) is 5.69 Å². The maximum atomic E-state index is 12.3. The van der Waals surface area contributed by atoms with Crippen LogP contribution in [-0.4, -0.2) is 30.4 Å². The van der Waals surface area contributed by atoms with Crippen molar-refractivity contribution in [2.75, 3.05) is 25.0 Å². The molecule has 0 spiro atoms. The molecule has 0 saturated carbocycles. The van der Waals surface area contributed by atoms with Gasteiger partial charge in [-0.1, -0.05) is 15.9 Å². The van der Waals surface area contributed by atoms with Crippen LogP contribution >= 0.6 is 15.9 Å². The van der Waals surface area contributed by atoms with Gasteiger partial charge in [0.05, 0.1) is 5.92 Å². The fraction of sp³-hybridized carbons (Fsp3) is 0.500. The standard InChI is InChI=1S/C14H17BrN2O/c15-11-1-3-12(4-2-11)16-14(18)13-9-17-7-5-10(13)6-8-17/h1-4,10,13H,5-9H2,(H,16,18)/t13-/m0/s1. The number of anilines is 1. The van der Waals surface area contributed by atoms with E-state index in [4.69, 9.17) is 0 Å². The Kier molecular flexibility index (Phi) is 3.39. The largest absolute Gasteiger partial charge is 0.326 e. The third kappa shape index (κ3) is 2.45. The van der Waals surface area contributed by atoms with E-state index in [1.54, 1.807) is 0 Å². The van der Waals surface area contributed by atoms with Crippen molar-refractivity contribution in [3.8, 4) is 0 Å². The predicted octanol–water partition coefficient (Wildman–Crippen LogP) is 2.73. The number of nitrogens with one attached hydrogen (secondary N) is 1. The molecule has 1 amide bonds. The molecule has 0 aliphatic carbocycles. The highest BCUT2D eigenvalue weighted by Gasteiger charge is 2.38. The molecule has 1 aromatic carbocycles. The van der Waals surface area contributed by atoms with E-state index < -0.39 is 0 Å². The SMILES string of the molecule is O=C(Nc1ccc(Br)cc1)[C@H]1CN2CCC1CC2. The second kappa shape index (κ2) is 5.02. The Bertz CT molecular complexity index is 438. The summed E-state index contributed by atoms with van der Waals surface area (Å²) in [6.07, 6.45) is 2.36. The number of hydrogen-bond donors (Lipinski definition) is 1. The van der Waals surface area contributed by atoms with Crippen molar-refractivity contribution in [1.29, 1.82) is 0 Å². The molecule has 1 atom stereocenters. The zero-order valence-corrected chi connectivity index (χ0v) is 11.8. The van der Waals surface area contributed by atoms with E-state index in [0.717, 1.165) is 16.7 Å². The average molecular weight is 309 g/mol. The third-order valence-corrected chi connectivity index (χ3v) is 4.63. The number of carbonyl (C=O) groups is 1. The Labute approximate surface area is 116 Å². The first-order chi connectivity index (χ1) is 8.72. The van der Waals surface area contributed by atoms with Crippen molar-refractivity contribution in [2.45, 2.75) is 12.8 Å². The first kappa shape index (κ1) is 12.2. The van der Waals surface area contributed by atoms with E-state index in [1.165, 1.54) is 25.9 Å². The molecule has 3 heterocycles. The fourth-order valence-corrected chi connectivity index (χ4v) is 3.29. The van der Waals surface area contributed by atoms with Gasteiger partial charge in [-0.05, 0) is 56.1 Å². The molecule has 0 aromatic heterocycles. The van der Waals surface area contributed by atoms with Gasteiger partial charge in [0.15, 0.2) is 0 Å². The maximum Gasteiger partial charge on any atom is 0.229 e. The summed E-state index contributed by atoms with van der Waals surface area (Å²) < 4.78 is 1.03. The summed E-state index contributed by atoms with van der Waals surface area (Å²) in [5.74, 6) is 0.952. The first-order valence-corrected chi connectivity index (χ1v) is 7.30. The van der Waals surface area contributed by atoms with Crippen molar-refractivity contribution in [3.05, 3.63) is 28.7 Å². The number of benzene rings is 1. The molecule has 96 valence electrons. The molecule has 0 unspecified atom stereocenters. The number of amides is 1. The molecule has 1 aromatic rings. The summed E-state index contributed by atoms with van der Waals surface area (Å²) in [5, 5.41) is 3.04. The lowest BCUT2D eigenvalue weighted by atomic mass is 9.78. The minimum Gasteiger partial charge on any atom is -0.326 e. The molecule has 3 aliphatic heterocycles. The first-order valence-electron chi connectivity index (χ1n) is 6.51. The second-order valence-electron chi connectivity index (χ2n) is 5.24. The number of halogens is 1. The van der Waals surface area contributed by atoms with Crippen LogP contribution in [0.25, 0.3) is 0 Å². The van der Waals surface area contributed by atoms with Crippen molar-refractivity contribution in [1.82, 2.24) is 4.90 Å². The summed E-state index contributed by atoms with van der Waals surface area (Å²) in [4.78, 5) is 14.7. The van der Waals surface area contributed by atoms with Crippen molar-refractivity contribution in [2.24, 2.45) is 11.8 Å². The smallest absolute Gasteiger partial charge is 0.229 e. The van der Waals surface area contributed by atoms with Gasteiger partial charge in [-0.3, -0.25) is 4.79 Å². The minimum atomic E-state index is 0.177. The van der Waals surface area contributed by atoms with Crippen molar-refractivity contribution >= 4 is 27.5 Å². The Morgan fingerprint density at radius 1 is 1.22 bits per heavy atom. The summed E-state index contributed by atoms with van der Waals surface area (Å²) in [5.41, 5.74) is 0.889. The van der Waals surface area contributed by atoms with Gasteiger partial charge in [-0.15, -0.1) is 0 Å². The van der Waals surface area contributed by atoms with Crippen LogP contribution in [0.5, 0.6) is 0 Å². The lowest BCUT2D eigenvalue weighted by molar-refractivity contribution is -0.125. The molecule has 4 rings (SSSR count). The van der Waals surface area contributed by atoms with Crippen LogP contribution in [0.1, 0.15) is 12.8 Å². The lowest BCUT2D eigenvalue weighted by Gasteiger charge is -2.43. The van der Waals surface area contributed by atoms with Gasteiger partial charge in [0.25, 0.3) is 0 Å². The van der Waals surface area contributed by atoms with Gasteiger partial charge in [0.1, 0.15) is 0 Å². The Balaban J connectivity index is 1.66. The van der Waals surface area contributed by atoms with Crippen LogP contribution in [0.3, 0.4) is 0 Å². The van der Waals surface area contributed by atoms with Crippen LogP contribution in [-0.2, 0) is 4.79 Å². The summed E-state index contributed by atoms with van der Waals surface area (Å²) in [7, 11) is 0.